The monoisotopic (exact) mass is 345 g/mol. The summed E-state index contributed by atoms with van der Waals surface area (Å²) in [7, 11) is 0. The van der Waals surface area contributed by atoms with Gasteiger partial charge in [0.1, 0.15) is 11.5 Å². The van der Waals surface area contributed by atoms with Crippen molar-refractivity contribution < 1.29 is 9.84 Å². The number of aryl methyl sites for hydroxylation is 2. The molecule has 1 N–H and O–H groups in total. The molecule has 3 nitrogen and oxygen atoms in total. The highest BCUT2D eigenvalue weighted by atomic mass is 79.9. The van der Waals surface area contributed by atoms with Crippen LogP contribution in [0.25, 0.3) is 0 Å². The average molecular weight is 346 g/mol. The molecule has 1 unspecified atom stereocenters. The van der Waals surface area contributed by atoms with E-state index < -0.39 is 6.10 Å². The lowest BCUT2D eigenvalue weighted by Crippen LogP contribution is -1.97. The molecule has 21 heavy (non-hydrogen) atoms. The molecular formula is C17H16BrNO2. The molecule has 2 aromatic carbocycles. The van der Waals surface area contributed by atoms with Gasteiger partial charge in [0.2, 0.25) is 0 Å². The van der Waals surface area contributed by atoms with Crippen molar-refractivity contribution in [3.63, 3.8) is 0 Å². The number of aliphatic hydroxyl groups excluding tert-OH is 1. The van der Waals surface area contributed by atoms with Crippen LogP contribution < -0.4 is 4.74 Å². The summed E-state index contributed by atoms with van der Waals surface area (Å²) < 4.78 is 6.95. The van der Waals surface area contributed by atoms with Gasteiger partial charge in [0.05, 0.1) is 17.7 Å². The molecule has 0 bridgehead atoms. The van der Waals surface area contributed by atoms with Gasteiger partial charge in [-0.1, -0.05) is 22.0 Å². The smallest absolute Gasteiger partial charge is 0.134 e. The number of aliphatic hydroxyl groups is 1. The molecule has 0 aliphatic rings. The topological polar surface area (TPSA) is 53.2 Å². The predicted octanol–water partition coefficient (Wildman–Crippen LogP) is 4.78. The fourth-order valence-corrected chi connectivity index (χ4v) is 2.36. The second-order valence-electron chi connectivity index (χ2n) is 5.01. The van der Waals surface area contributed by atoms with Crippen LogP contribution in [0.5, 0.6) is 11.5 Å². The van der Waals surface area contributed by atoms with Crippen LogP contribution in [0.15, 0.2) is 34.8 Å². The Balaban J connectivity index is 2.45. The van der Waals surface area contributed by atoms with Gasteiger partial charge < -0.3 is 9.84 Å². The van der Waals surface area contributed by atoms with E-state index >= 15 is 0 Å². The van der Waals surface area contributed by atoms with E-state index in [4.69, 9.17) is 10.00 Å². The third kappa shape index (κ3) is 3.44. The number of hydrogen-bond donors (Lipinski definition) is 1. The van der Waals surface area contributed by atoms with Crippen LogP contribution in [0.2, 0.25) is 0 Å². The van der Waals surface area contributed by atoms with Gasteiger partial charge in [-0.15, -0.1) is 0 Å². The fraction of sp³-hybridized carbons (Fsp3) is 0.235. The number of nitrogens with zero attached hydrogens (tertiary/aromatic N) is 1. The maximum Gasteiger partial charge on any atom is 0.134 e. The molecule has 108 valence electrons. The van der Waals surface area contributed by atoms with Crippen molar-refractivity contribution >= 4 is 15.9 Å². The molecule has 0 aliphatic carbocycles. The highest BCUT2D eigenvalue weighted by Crippen LogP contribution is 2.33. The van der Waals surface area contributed by atoms with Gasteiger partial charge in [-0.25, -0.2) is 0 Å². The summed E-state index contributed by atoms with van der Waals surface area (Å²) >= 11 is 3.52. The number of hydrogen-bond acceptors (Lipinski definition) is 3. The number of halogens is 1. The lowest BCUT2D eigenvalue weighted by atomic mass is 10.1. The second-order valence-corrected chi connectivity index (χ2v) is 5.81. The van der Waals surface area contributed by atoms with Gasteiger partial charge in [0.25, 0.3) is 0 Å². The Morgan fingerprint density at radius 2 is 1.81 bits per heavy atom. The fourth-order valence-electron chi connectivity index (χ4n) is 2.13. The van der Waals surface area contributed by atoms with Gasteiger partial charge in [-0.3, -0.25) is 0 Å². The van der Waals surface area contributed by atoms with Crippen molar-refractivity contribution in [2.75, 3.05) is 0 Å². The van der Waals surface area contributed by atoms with E-state index in [1.807, 2.05) is 26.0 Å². The Hall–Kier alpha value is -1.83. The molecule has 2 rings (SSSR count). The molecule has 0 radical (unpaired) electrons. The molecule has 0 spiro atoms. The van der Waals surface area contributed by atoms with Crippen molar-refractivity contribution in [3.8, 4) is 17.6 Å². The normalized spacial score (nSPS) is 11.8. The summed E-state index contributed by atoms with van der Waals surface area (Å²) in [6.45, 7) is 5.66. The highest BCUT2D eigenvalue weighted by Gasteiger charge is 2.12. The molecule has 2 aromatic rings. The van der Waals surface area contributed by atoms with Crippen LogP contribution >= 0.6 is 15.9 Å². The Bertz CT molecular complexity index is 694. The molecule has 0 saturated carbocycles. The minimum atomic E-state index is -0.662. The minimum absolute atomic E-state index is 0.500. The molecule has 1 atom stereocenters. The van der Waals surface area contributed by atoms with E-state index in [2.05, 4.69) is 22.0 Å². The first-order chi connectivity index (χ1) is 9.92. The van der Waals surface area contributed by atoms with Crippen molar-refractivity contribution in [1.29, 1.82) is 5.26 Å². The van der Waals surface area contributed by atoms with Gasteiger partial charge in [0, 0.05) is 10.0 Å². The van der Waals surface area contributed by atoms with Crippen molar-refractivity contribution in [3.05, 3.63) is 57.1 Å². The Morgan fingerprint density at radius 1 is 1.19 bits per heavy atom. The summed E-state index contributed by atoms with van der Waals surface area (Å²) in [6.07, 6.45) is -0.662. The zero-order chi connectivity index (χ0) is 15.6. The summed E-state index contributed by atoms with van der Waals surface area (Å²) in [6, 6.07) is 11.0. The highest BCUT2D eigenvalue weighted by molar-refractivity contribution is 9.10. The van der Waals surface area contributed by atoms with Gasteiger partial charge in [-0.2, -0.15) is 5.26 Å². The van der Waals surface area contributed by atoms with Crippen molar-refractivity contribution in [2.24, 2.45) is 0 Å². The molecule has 4 heteroatoms. The molecule has 0 aliphatic heterocycles. The SMILES string of the molecule is Cc1cc(Oc2cc(C#N)ccc2C(C)O)cc(C)c1Br. The maximum atomic E-state index is 9.83. The van der Waals surface area contributed by atoms with Crippen LogP contribution in [0.3, 0.4) is 0 Å². The first kappa shape index (κ1) is 15.6. The number of benzene rings is 2. The number of ether oxygens (including phenoxy) is 1. The molecule has 0 saturated heterocycles. The lowest BCUT2D eigenvalue weighted by Gasteiger charge is -2.15. The third-order valence-corrected chi connectivity index (χ3v) is 4.48. The summed E-state index contributed by atoms with van der Waals surface area (Å²) in [4.78, 5) is 0. The second kappa shape index (κ2) is 6.30. The first-order valence-corrected chi connectivity index (χ1v) is 7.38. The van der Waals surface area contributed by atoms with Crippen LogP contribution in [-0.4, -0.2) is 5.11 Å². The van der Waals surface area contributed by atoms with E-state index in [9.17, 15) is 5.11 Å². The zero-order valence-corrected chi connectivity index (χ0v) is 13.7. The van der Waals surface area contributed by atoms with E-state index in [1.54, 1.807) is 25.1 Å². The van der Waals surface area contributed by atoms with Gasteiger partial charge in [0.15, 0.2) is 0 Å². The zero-order valence-electron chi connectivity index (χ0n) is 12.1. The van der Waals surface area contributed by atoms with Gasteiger partial charge >= 0.3 is 0 Å². The van der Waals surface area contributed by atoms with Crippen LogP contribution in [0, 0.1) is 25.2 Å². The van der Waals surface area contributed by atoms with Crippen LogP contribution in [-0.2, 0) is 0 Å². The maximum absolute atomic E-state index is 9.83. The summed E-state index contributed by atoms with van der Waals surface area (Å²) in [5.41, 5.74) is 3.30. The van der Waals surface area contributed by atoms with E-state index in [-0.39, 0.29) is 0 Å². The standard InChI is InChI=1S/C17H16BrNO2/c1-10-6-14(7-11(2)17(10)18)21-16-8-13(9-19)4-5-15(16)12(3)20/h4-8,12,20H,1-3H3. The first-order valence-electron chi connectivity index (χ1n) is 6.59. The van der Waals surface area contributed by atoms with Gasteiger partial charge in [-0.05, 0) is 56.2 Å². The third-order valence-electron chi connectivity index (χ3n) is 3.23. The van der Waals surface area contributed by atoms with Crippen LogP contribution in [0.4, 0.5) is 0 Å². The quantitative estimate of drug-likeness (QED) is 0.870. The van der Waals surface area contributed by atoms with E-state index in [1.165, 1.54) is 0 Å². The minimum Gasteiger partial charge on any atom is -0.457 e. The molecular weight excluding hydrogens is 330 g/mol. The molecule has 0 amide bonds. The Labute approximate surface area is 132 Å². The number of nitriles is 1. The number of rotatable bonds is 3. The average Bonchev–Trinajstić information content (AvgIpc) is 2.44. The Kier molecular flexibility index (Phi) is 4.66. The molecule has 0 fully saturated rings. The van der Waals surface area contributed by atoms with E-state index in [0.29, 0.717) is 22.6 Å². The Morgan fingerprint density at radius 3 is 2.33 bits per heavy atom. The van der Waals surface area contributed by atoms with E-state index in [0.717, 1.165) is 15.6 Å². The van der Waals surface area contributed by atoms with Crippen molar-refractivity contribution in [2.45, 2.75) is 26.9 Å². The molecule has 0 aromatic heterocycles. The lowest BCUT2D eigenvalue weighted by molar-refractivity contribution is 0.195. The molecule has 0 heterocycles. The van der Waals surface area contributed by atoms with Crippen LogP contribution in [0.1, 0.15) is 35.3 Å². The van der Waals surface area contributed by atoms with Crippen molar-refractivity contribution in [1.82, 2.24) is 0 Å². The largest absolute Gasteiger partial charge is 0.457 e. The summed E-state index contributed by atoms with van der Waals surface area (Å²) in [5, 5.41) is 18.8. The predicted molar refractivity (Wildman–Crippen MR) is 85.5 cm³/mol. The summed E-state index contributed by atoms with van der Waals surface area (Å²) in [5.74, 6) is 1.19.